The smallest absolute Gasteiger partial charge is 0.263 e. The van der Waals surface area contributed by atoms with Gasteiger partial charge in [0.15, 0.2) is 0 Å². The number of hydrogen-bond donors (Lipinski definition) is 1. The molecule has 0 aromatic carbocycles. The van der Waals surface area contributed by atoms with Gasteiger partial charge in [-0.15, -0.1) is 0 Å². The summed E-state index contributed by atoms with van der Waals surface area (Å²) < 4.78 is 3.95. The number of aromatic nitrogens is 1. The molecule has 0 spiro atoms. The highest BCUT2D eigenvalue weighted by Crippen LogP contribution is 2.33. The summed E-state index contributed by atoms with van der Waals surface area (Å²) in [4.78, 5) is 41.0. The molecule has 2 fully saturated rings. The van der Waals surface area contributed by atoms with Gasteiger partial charge in [-0.1, -0.05) is 0 Å². The van der Waals surface area contributed by atoms with E-state index in [-0.39, 0.29) is 23.8 Å². The number of nitrogens with zero attached hydrogens (tertiary/aromatic N) is 3. The van der Waals surface area contributed by atoms with Gasteiger partial charge in [0.1, 0.15) is 4.88 Å². The zero-order valence-corrected chi connectivity index (χ0v) is 15.5. The SMILES string of the molecule is CC(=O)N1CCC(C)(C(=O)N2CCC[C@H](NC(=O)c3ccns3)C2)C1. The maximum absolute atomic E-state index is 13.0. The summed E-state index contributed by atoms with van der Waals surface area (Å²) in [6, 6.07) is 1.66. The molecule has 0 bridgehead atoms. The van der Waals surface area contributed by atoms with Crippen LogP contribution in [0.5, 0.6) is 0 Å². The molecule has 3 heterocycles. The van der Waals surface area contributed by atoms with Crippen LogP contribution in [-0.4, -0.2) is 64.1 Å². The van der Waals surface area contributed by atoms with Crippen LogP contribution < -0.4 is 5.32 Å². The minimum atomic E-state index is -0.519. The highest BCUT2D eigenvalue weighted by Gasteiger charge is 2.44. The summed E-state index contributed by atoms with van der Waals surface area (Å²) in [7, 11) is 0. The molecule has 1 unspecified atom stereocenters. The average molecular weight is 364 g/mol. The molecule has 0 saturated carbocycles. The first-order valence-corrected chi connectivity index (χ1v) is 9.43. The van der Waals surface area contributed by atoms with Crippen molar-refractivity contribution in [1.29, 1.82) is 0 Å². The van der Waals surface area contributed by atoms with Crippen molar-refractivity contribution in [3.63, 3.8) is 0 Å². The molecule has 25 heavy (non-hydrogen) atoms. The fourth-order valence-electron chi connectivity index (χ4n) is 3.65. The monoisotopic (exact) mass is 364 g/mol. The summed E-state index contributed by atoms with van der Waals surface area (Å²) in [5.41, 5.74) is -0.519. The summed E-state index contributed by atoms with van der Waals surface area (Å²) in [5.74, 6) is -0.0190. The van der Waals surface area contributed by atoms with E-state index < -0.39 is 5.41 Å². The quantitative estimate of drug-likeness (QED) is 0.871. The number of carbonyl (C=O) groups is 3. The molecule has 2 saturated heterocycles. The molecule has 1 aromatic heterocycles. The van der Waals surface area contributed by atoms with Crippen molar-refractivity contribution >= 4 is 29.3 Å². The average Bonchev–Trinajstić information content (AvgIpc) is 3.25. The van der Waals surface area contributed by atoms with Crippen LogP contribution in [0.4, 0.5) is 0 Å². The number of nitrogens with one attached hydrogen (secondary N) is 1. The normalized spacial score (nSPS) is 26.6. The number of piperidine rings is 1. The molecule has 8 heteroatoms. The largest absolute Gasteiger partial charge is 0.347 e. The van der Waals surface area contributed by atoms with Gasteiger partial charge in [0.2, 0.25) is 11.8 Å². The summed E-state index contributed by atoms with van der Waals surface area (Å²) in [6.07, 6.45) is 4.04. The Morgan fingerprint density at radius 1 is 1.32 bits per heavy atom. The van der Waals surface area contributed by atoms with Gasteiger partial charge in [-0.2, -0.15) is 0 Å². The van der Waals surface area contributed by atoms with Crippen LogP contribution in [0.25, 0.3) is 0 Å². The van der Waals surface area contributed by atoms with E-state index in [1.807, 2.05) is 11.8 Å². The molecule has 2 aliphatic rings. The second kappa shape index (κ2) is 7.11. The summed E-state index contributed by atoms with van der Waals surface area (Å²) in [5, 5.41) is 3.01. The van der Waals surface area contributed by atoms with Gasteiger partial charge in [0, 0.05) is 45.3 Å². The van der Waals surface area contributed by atoms with Gasteiger partial charge < -0.3 is 15.1 Å². The standard InChI is InChI=1S/C17H24N4O3S/c1-12(22)21-9-6-17(2,11-21)16(24)20-8-3-4-13(10-20)19-15(23)14-5-7-18-25-14/h5,7,13H,3-4,6,8-11H2,1-2H3,(H,19,23)/t13-,17?/m0/s1. The molecule has 7 nitrogen and oxygen atoms in total. The van der Waals surface area contributed by atoms with Crippen LogP contribution in [0, 0.1) is 5.41 Å². The van der Waals surface area contributed by atoms with Gasteiger partial charge in [0.05, 0.1) is 5.41 Å². The molecule has 0 aliphatic carbocycles. The van der Waals surface area contributed by atoms with Crippen LogP contribution in [0.1, 0.15) is 42.8 Å². The second-order valence-corrected chi connectivity index (χ2v) is 8.02. The lowest BCUT2D eigenvalue weighted by molar-refractivity contribution is -0.142. The molecule has 136 valence electrons. The minimum Gasteiger partial charge on any atom is -0.347 e. The highest BCUT2D eigenvalue weighted by molar-refractivity contribution is 7.08. The fraction of sp³-hybridized carbons (Fsp3) is 0.647. The predicted octanol–water partition coefficient (Wildman–Crippen LogP) is 1.12. The van der Waals surface area contributed by atoms with Crippen molar-refractivity contribution in [2.75, 3.05) is 26.2 Å². The Bertz CT molecular complexity index is 663. The molecule has 1 N–H and O–H groups in total. The van der Waals surface area contributed by atoms with Crippen molar-refractivity contribution in [3.05, 3.63) is 17.1 Å². The highest BCUT2D eigenvalue weighted by atomic mass is 32.1. The lowest BCUT2D eigenvalue weighted by Gasteiger charge is -2.37. The van der Waals surface area contributed by atoms with Crippen LogP contribution in [-0.2, 0) is 9.59 Å². The molecular weight excluding hydrogens is 340 g/mol. The van der Waals surface area contributed by atoms with E-state index in [4.69, 9.17) is 0 Å². The van der Waals surface area contributed by atoms with Gasteiger partial charge in [-0.25, -0.2) is 4.37 Å². The Balaban J connectivity index is 1.60. The van der Waals surface area contributed by atoms with E-state index >= 15 is 0 Å². The number of hydrogen-bond acceptors (Lipinski definition) is 5. The first kappa shape index (κ1) is 17.8. The molecule has 1 aromatic rings. The molecule has 2 aliphatic heterocycles. The molecule has 2 atom stereocenters. The van der Waals surface area contributed by atoms with Gasteiger partial charge in [0.25, 0.3) is 5.91 Å². The van der Waals surface area contributed by atoms with Crippen molar-refractivity contribution in [1.82, 2.24) is 19.5 Å². The lowest BCUT2D eigenvalue weighted by Crippen LogP contribution is -2.53. The Morgan fingerprint density at radius 3 is 2.76 bits per heavy atom. The fourth-order valence-corrected chi connectivity index (χ4v) is 4.15. The third kappa shape index (κ3) is 3.84. The van der Waals surface area contributed by atoms with Crippen molar-refractivity contribution in [2.24, 2.45) is 5.41 Å². The number of rotatable bonds is 3. The van der Waals surface area contributed by atoms with E-state index in [1.165, 1.54) is 11.5 Å². The lowest BCUT2D eigenvalue weighted by atomic mass is 9.87. The zero-order chi connectivity index (χ0) is 18.0. The summed E-state index contributed by atoms with van der Waals surface area (Å²) in [6.45, 7) is 5.84. The first-order chi connectivity index (χ1) is 11.9. The Morgan fingerprint density at radius 2 is 2.12 bits per heavy atom. The van der Waals surface area contributed by atoms with E-state index in [0.29, 0.717) is 37.5 Å². The molecule has 0 radical (unpaired) electrons. The van der Waals surface area contributed by atoms with E-state index in [1.54, 1.807) is 24.1 Å². The maximum Gasteiger partial charge on any atom is 0.263 e. The first-order valence-electron chi connectivity index (χ1n) is 8.65. The molecule has 3 amide bonds. The molecule has 3 rings (SSSR count). The van der Waals surface area contributed by atoms with Gasteiger partial charge >= 0.3 is 0 Å². The Kier molecular flexibility index (Phi) is 5.08. The summed E-state index contributed by atoms with van der Waals surface area (Å²) >= 11 is 1.17. The van der Waals surface area contributed by atoms with E-state index in [9.17, 15) is 14.4 Å². The van der Waals surface area contributed by atoms with E-state index in [0.717, 1.165) is 12.8 Å². The van der Waals surface area contributed by atoms with Crippen molar-refractivity contribution in [2.45, 2.75) is 39.2 Å². The third-order valence-electron chi connectivity index (χ3n) is 5.14. The second-order valence-electron chi connectivity index (χ2n) is 7.19. The third-order valence-corrected chi connectivity index (χ3v) is 5.89. The number of likely N-dealkylation sites (tertiary alicyclic amines) is 2. The van der Waals surface area contributed by atoms with E-state index in [2.05, 4.69) is 9.69 Å². The van der Waals surface area contributed by atoms with Crippen molar-refractivity contribution < 1.29 is 14.4 Å². The van der Waals surface area contributed by atoms with Crippen LogP contribution in [0.15, 0.2) is 12.3 Å². The van der Waals surface area contributed by atoms with Crippen molar-refractivity contribution in [3.8, 4) is 0 Å². The van der Waals surface area contributed by atoms with Crippen LogP contribution in [0.2, 0.25) is 0 Å². The topological polar surface area (TPSA) is 82.6 Å². The minimum absolute atomic E-state index is 0.0184. The Labute approximate surface area is 151 Å². The Hall–Kier alpha value is -1.96. The van der Waals surface area contributed by atoms with Gasteiger partial charge in [-0.3, -0.25) is 14.4 Å². The molecular formula is C17H24N4O3S. The van der Waals surface area contributed by atoms with Crippen LogP contribution in [0.3, 0.4) is 0 Å². The predicted molar refractivity (Wildman–Crippen MR) is 94.2 cm³/mol. The van der Waals surface area contributed by atoms with Gasteiger partial charge in [-0.05, 0) is 43.8 Å². The van der Waals surface area contributed by atoms with Crippen LogP contribution >= 0.6 is 11.5 Å². The number of amides is 3. The maximum atomic E-state index is 13.0. The zero-order valence-electron chi connectivity index (χ0n) is 14.7. The number of carbonyl (C=O) groups excluding carboxylic acids is 3.